The average molecular weight is 243 g/mol. The highest BCUT2D eigenvalue weighted by Crippen LogP contribution is 2.45. The molecule has 0 saturated heterocycles. The number of aliphatic hydroxyl groups is 1. The maximum Gasteiger partial charge on any atom is 0.246 e. The number of aliphatic hydroxyl groups excluding tert-OH is 1. The van der Waals surface area contributed by atoms with Crippen LogP contribution in [0.5, 0.6) is 11.5 Å². The van der Waals surface area contributed by atoms with E-state index in [1.54, 1.807) is 13.0 Å². The van der Waals surface area contributed by atoms with Gasteiger partial charge in [-0.05, 0) is 31.0 Å². The number of hydrogen-bond donors (Lipinski definition) is 1. The summed E-state index contributed by atoms with van der Waals surface area (Å²) in [7, 11) is 0. The van der Waals surface area contributed by atoms with Gasteiger partial charge in [0.15, 0.2) is 11.5 Å². The molecule has 0 fully saturated rings. The fraction of sp³-hybridized carbons (Fsp3) is 0.500. The Bertz CT molecular complexity index is 413. The standard InChI is InChI=1S/C12H15ClO3/c1-7(14)4-8-5-9(13)11-10(6-8)15-12(2,3)16-11/h5-7,14H,4H2,1-3H3. The molecule has 0 radical (unpaired) electrons. The molecule has 4 heteroatoms. The van der Waals surface area contributed by atoms with Crippen molar-refractivity contribution in [1.29, 1.82) is 0 Å². The van der Waals surface area contributed by atoms with Crippen molar-refractivity contribution >= 4 is 11.6 Å². The van der Waals surface area contributed by atoms with Gasteiger partial charge in [0.2, 0.25) is 5.79 Å². The Hall–Kier alpha value is -0.930. The summed E-state index contributed by atoms with van der Waals surface area (Å²) in [5.41, 5.74) is 0.944. The van der Waals surface area contributed by atoms with Crippen LogP contribution in [0.2, 0.25) is 5.02 Å². The van der Waals surface area contributed by atoms with Crippen LogP contribution in [0.15, 0.2) is 12.1 Å². The largest absolute Gasteiger partial charge is 0.449 e. The molecule has 1 aromatic rings. The summed E-state index contributed by atoms with van der Waals surface area (Å²) in [6.07, 6.45) is 0.154. The average Bonchev–Trinajstić information content (AvgIpc) is 2.38. The van der Waals surface area contributed by atoms with Gasteiger partial charge in [-0.2, -0.15) is 0 Å². The van der Waals surface area contributed by atoms with E-state index in [2.05, 4.69) is 0 Å². The first-order valence-corrected chi connectivity index (χ1v) is 5.64. The van der Waals surface area contributed by atoms with Crippen LogP contribution in [0.1, 0.15) is 26.3 Å². The molecule has 0 spiro atoms. The monoisotopic (exact) mass is 242 g/mol. The van der Waals surface area contributed by atoms with Gasteiger partial charge in [-0.25, -0.2) is 0 Å². The zero-order valence-corrected chi connectivity index (χ0v) is 10.3. The normalized spacial score (nSPS) is 18.6. The molecule has 2 rings (SSSR count). The molecule has 0 aliphatic carbocycles. The predicted octanol–water partition coefficient (Wildman–Crippen LogP) is 2.77. The summed E-state index contributed by atoms with van der Waals surface area (Å²) in [4.78, 5) is 0. The molecule has 1 aromatic carbocycles. The van der Waals surface area contributed by atoms with Crippen molar-refractivity contribution in [2.45, 2.75) is 39.1 Å². The van der Waals surface area contributed by atoms with Crippen LogP contribution in [-0.2, 0) is 6.42 Å². The summed E-state index contributed by atoms with van der Waals surface area (Å²) in [6.45, 7) is 5.40. The van der Waals surface area contributed by atoms with Gasteiger partial charge in [-0.15, -0.1) is 0 Å². The molecule has 0 amide bonds. The first kappa shape index (κ1) is 11.6. The molecule has 1 atom stereocenters. The van der Waals surface area contributed by atoms with E-state index in [9.17, 15) is 5.11 Å². The van der Waals surface area contributed by atoms with E-state index in [4.69, 9.17) is 21.1 Å². The van der Waals surface area contributed by atoms with E-state index < -0.39 is 11.9 Å². The van der Waals surface area contributed by atoms with Crippen LogP contribution >= 0.6 is 11.6 Å². The van der Waals surface area contributed by atoms with Crippen LogP contribution in [0, 0.1) is 0 Å². The highest BCUT2D eigenvalue weighted by molar-refractivity contribution is 6.32. The minimum Gasteiger partial charge on any atom is -0.449 e. The molecule has 1 unspecified atom stereocenters. The molecule has 3 nitrogen and oxygen atoms in total. The second-order valence-corrected chi connectivity index (χ2v) is 4.97. The lowest BCUT2D eigenvalue weighted by Crippen LogP contribution is -2.29. The van der Waals surface area contributed by atoms with Gasteiger partial charge in [0.05, 0.1) is 11.1 Å². The molecule has 0 bridgehead atoms. The van der Waals surface area contributed by atoms with Gasteiger partial charge in [0.1, 0.15) is 0 Å². The van der Waals surface area contributed by atoms with Crippen LogP contribution in [0.3, 0.4) is 0 Å². The van der Waals surface area contributed by atoms with E-state index in [1.165, 1.54) is 0 Å². The Morgan fingerprint density at radius 2 is 2.06 bits per heavy atom. The van der Waals surface area contributed by atoms with Crippen molar-refractivity contribution in [3.05, 3.63) is 22.7 Å². The lowest BCUT2D eigenvalue weighted by Gasteiger charge is -2.16. The predicted molar refractivity (Wildman–Crippen MR) is 62.2 cm³/mol. The number of fused-ring (bicyclic) bond motifs is 1. The molecule has 88 valence electrons. The molecule has 1 heterocycles. The Balaban J connectivity index is 2.34. The topological polar surface area (TPSA) is 38.7 Å². The van der Waals surface area contributed by atoms with E-state index >= 15 is 0 Å². The quantitative estimate of drug-likeness (QED) is 0.867. The molecular weight excluding hydrogens is 228 g/mol. The van der Waals surface area contributed by atoms with Gasteiger partial charge in [-0.1, -0.05) is 11.6 Å². The highest BCUT2D eigenvalue weighted by atomic mass is 35.5. The highest BCUT2D eigenvalue weighted by Gasteiger charge is 2.33. The Labute approximate surface area is 99.9 Å². The van der Waals surface area contributed by atoms with Crippen molar-refractivity contribution in [3.8, 4) is 11.5 Å². The van der Waals surface area contributed by atoms with Crippen molar-refractivity contribution in [2.24, 2.45) is 0 Å². The number of rotatable bonds is 2. The maximum atomic E-state index is 9.33. The Morgan fingerprint density at radius 1 is 1.38 bits per heavy atom. The van der Waals surface area contributed by atoms with Crippen LogP contribution in [0.25, 0.3) is 0 Å². The summed E-state index contributed by atoms with van der Waals surface area (Å²) >= 11 is 6.10. The second-order valence-electron chi connectivity index (χ2n) is 4.56. The van der Waals surface area contributed by atoms with E-state index in [-0.39, 0.29) is 0 Å². The van der Waals surface area contributed by atoms with E-state index in [0.29, 0.717) is 22.9 Å². The maximum absolute atomic E-state index is 9.33. The van der Waals surface area contributed by atoms with Crippen molar-refractivity contribution in [2.75, 3.05) is 0 Å². The van der Waals surface area contributed by atoms with Gasteiger partial charge < -0.3 is 14.6 Å². The minimum atomic E-state index is -0.671. The molecule has 16 heavy (non-hydrogen) atoms. The Kier molecular flexibility index (Phi) is 2.76. The summed E-state index contributed by atoms with van der Waals surface area (Å²) in [6, 6.07) is 3.67. The van der Waals surface area contributed by atoms with Crippen molar-refractivity contribution in [3.63, 3.8) is 0 Å². The van der Waals surface area contributed by atoms with Gasteiger partial charge in [0.25, 0.3) is 0 Å². The summed E-state index contributed by atoms with van der Waals surface area (Å²) < 4.78 is 11.2. The molecule has 1 N–H and O–H groups in total. The van der Waals surface area contributed by atoms with Crippen LogP contribution in [0.4, 0.5) is 0 Å². The third-order valence-corrected chi connectivity index (χ3v) is 2.58. The second kappa shape index (κ2) is 3.82. The van der Waals surface area contributed by atoms with Crippen molar-refractivity contribution < 1.29 is 14.6 Å². The summed E-state index contributed by atoms with van der Waals surface area (Å²) in [5, 5.41) is 9.86. The number of benzene rings is 1. The smallest absolute Gasteiger partial charge is 0.246 e. The van der Waals surface area contributed by atoms with E-state index in [1.807, 2.05) is 19.9 Å². The Morgan fingerprint density at radius 3 is 2.69 bits per heavy atom. The van der Waals surface area contributed by atoms with Gasteiger partial charge in [-0.3, -0.25) is 0 Å². The lowest BCUT2D eigenvalue weighted by atomic mass is 10.1. The van der Waals surface area contributed by atoms with Crippen molar-refractivity contribution in [1.82, 2.24) is 0 Å². The molecule has 1 aliphatic rings. The minimum absolute atomic E-state index is 0.399. The fourth-order valence-electron chi connectivity index (χ4n) is 1.79. The fourth-order valence-corrected chi connectivity index (χ4v) is 2.06. The van der Waals surface area contributed by atoms with Crippen LogP contribution < -0.4 is 9.47 Å². The molecule has 0 aromatic heterocycles. The van der Waals surface area contributed by atoms with E-state index in [0.717, 1.165) is 5.56 Å². The first-order valence-electron chi connectivity index (χ1n) is 5.26. The zero-order chi connectivity index (χ0) is 11.9. The third-order valence-electron chi connectivity index (χ3n) is 2.30. The number of hydrogen-bond acceptors (Lipinski definition) is 3. The first-order chi connectivity index (χ1) is 7.37. The summed E-state index contributed by atoms with van der Waals surface area (Å²) in [5.74, 6) is 0.560. The third kappa shape index (κ3) is 2.25. The van der Waals surface area contributed by atoms with Crippen LogP contribution in [-0.4, -0.2) is 17.0 Å². The lowest BCUT2D eigenvalue weighted by molar-refractivity contribution is -0.0431. The molecule has 1 aliphatic heterocycles. The molecular formula is C12H15ClO3. The molecule has 0 saturated carbocycles. The van der Waals surface area contributed by atoms with Gasteiger partial charge >= 0.3 is 0 Å². The number of ether oxygens (including phenoxy) is 2. The zero-order valence-electron chi connectivity index (χ0n) is 9.58. The van der Waals surface area contributed by atoms with Gasteiger partial charge in [0, 0.05) is 13.8 Å². The SMILES string of the molecule is CC(O)Cc1cc(Cl)c2c(c1)OC(C)(C)O2. The number of halogens is 1.